The molecule has 7 nitrogen and oxygen atoms in total. The molecule has 3 atom stereocenters. The van der Waals surface area contributed by atoms with Crippen molar-refractivity contribution in [1.29, 1.82) is 5.26 Å². The van der Waals surface area contributed by atoms with Gasteiger partial charge in [-0.15, -0.1) is 0 Å². The van der Waals surface area contributed by atoms with E-state index < -0.39 is 18.8 Å². The summed E-state index contributed by atoms with van der Waals surface area (Å²) in [4.78, 5) is 24.4. The van der Waals surface area contributed by atoms with Crippen molar-refractivity contribution in [3.8, 4) is 11.8 Å². The summed E-state index contributed by atoms with van der Waals surface area (Å²) in [5.74, 6) is 0.312. The zero-order valence-electron chi connectivity index (χ0n) is 16.4. The molecule has 1 fully saturated rings. The van der Waals surface area contributed by atoms with Gasteiger partial charge >= 0.3 is 6.18 Å². The summed E-state index contributed by atoms with van der Waals surface area (Å²) in [6.45, 7) is 0.363. The van der Waals surface area contributed by atoms with Gasteiger partial charge in [0.05, 0.1) is 40.6 Å². The molecule has 0 spiro atoms. The summed E-state index contributed by atoms with van der Waals surface area (Å²) in [5, 5.41) is 11.9. The fourth-order valence-corrected chi connectivity index (χ4v) is 3.35. The van der Waals surface area contributed by atoms with E-state index in [9.17, 15) is 18.0 Å². The van der Waals surface area contributed by atoms with Crippen molar-refractivity contribution in [2.24, 2.45) is 5.92 Å². The molecule has 0 saturated heterocycles. The number of imidazole rings is 1. The molecule has 10 heteroatoms. The van der Waals surface area contributed by atoms with Gasteiger partial charge in [-0.25, -0.2) is 4.98 Å². The molecule has 1 aliphatic carbocycles. The Balaban J connectivity index is 1.34. The van der Waals surface area contributed by atoms with Gasteiger partial charge in [-0.3, -0.25) is 9.78 Å². The first-order valence-corrected chi connectivity index (χ1v) is 9.59. The van der Waals surface area contributed by atoms with Crippen LogP contribution in [0, 0.1) is 17.2 Å². The molecule has 2 N–H and O–H groups in total. The molecule has 160 valence electrons. The van der Waals surface area contributed by atoms with Crippen molar-refractivity contribution in [2.75, 3.05) is 6.61 Å². The number of nitriles is 1. The first-order valence-electron chi connectivity index (χ1n) is 9.59. The van der Waals surface area contributed by atoms with Crippen LogP contribution >= 0.6 is 0 Å². The van der Waals surface area contributed by atoms with Crippen LogP contribution in [-0.2, 0) is 4.79 Å². The van der Waals surface area contributed by atoms with E-state index in [1.165, 1.54) is 18.3 Å². The highest BCUT2D eigenvalue weighted by Crippen LogP contribution is 2.47. The maximum atomic E-state index is 12.6. The van der Waals surface area contributed by atoms with E-state index in [0.717, 1.165) is 5.52 Å². The Morgan fingerprint density at radius 1 is 1.39 bits per heavy atom. The normalized spacial score (nSPS) is 18.9. The SMILES string of the molecule is C[C@@H](NC(=O)C1CC1c1nc2cc(C#N)ccc2[nH]1)c1ccc(OCC(F)(F)F)cn1. The van der Waals surface area contributed by atoms with Gasteiger partial charge in [-0.05, 0) is 43.7 Å². The third-order valence-electron chi connectivity index (χ3n) is 5.07. The number of carbonyl (C=O) groups excluding carboxylic acids is 1. The zero-order chi connectivity index (χ0) is 22.2. The van der Waals surface area contributed by atoms with E-state index in [0.29, 0.717) is 29.0 Å². The summed E-state index contributed by atoms with van der Waals surface area (Å²) in [7, 11) is 0. The predicted molar refractivity (Wildman–Crippen MR) is 104 cm³/mol. The first kappa shape index (κ1) is 20.7. The third-order valence-corrected chi connectivity index (χ3v) is 5.07. The number of nitrogens with one attached hydrogen (secondary N) is 2. The number of fused-ring (bicyclic) bond motifs is 1. The van der Waals surface area contributed by atoms with Crippen molar-refractivity contribution < 1.29 is 22.7 Å². The lowest BCUT2D eigenvalue weighted by molar-refractivity contribution is -0.153. The van der Waals surface area contributed by atoms with Gasteiger partial charge in [-0.1, -0.05) is 0 Å². The highest BCUT2D eigenvalue weighted by atomic mass is 19.4. The number of H-pyrrole nitrogens is 1. The van der Waals surface area contributed by atoms with Crippen LogP contribution in [0.1, 0.15) is 42.4 Å². The Hall–Kier alpha value is -3.61. The van der Waals surface area contributed by atoms with Crippen LogP contribution in [0.3, 0.4) is 0 Å². The Labute approximate surface area is 175 Å². The number of halogens is 3. The predicted octanol–water partition coefficient (Wildman–Crippen LogP) is 3.75. The smallest absolute Gasteiger partial charge is 0.422 e. The van der Waals surface area contributed by atoms with E-state index in [1.54, 1.807) is 25.1 Å². The topological polar surface area (TPSA) is 104 Å². The lowest BCUT2D eigenvalue weighted by Gasteiger charge is -2.14. The van der Waals surface area contributed by atoms with E-state index >= 15 is 0 Å². The number of pyridine rings is 1. The molecule has 0 aliphatic heterocycles. The van der Waals surface area contributed by atoms with Crippen LogP contribution in [0.25, 0.3) is 11.0 Å². The number of hydrogen-bond acceptors (Lipinski definition) is 5. The molecule has 1 aliphatic rings. The second kappa shape index (κ2) is 7.91. The highest BCUT2D eigenvalue weighted by molar-refractivity contribution is 5.83. The van der Waals surface area contributed by atoms with E-state index in [1.807, 2.05) is 0 Å². The largest absolute Gasteiger partial charge is 0.483 e. The number of nitrogens with zero attached hydrogens (tertiary/aromatic N) is 3. The minimum atomic E-state index is -4.42. The summed E-state index contributed by atoms with van der Waals surface area (Å²) in [6.07, 6.45) is -2.56. The quantitative estimate of drug-likeness (QED) is 0.621. The monoisotopic (exact) mass is 429 g/mol. The number of amides is 1. The molecule has 0 radical (unpaired) electrons. The standard InChI is InChI=1S/C21H18F3N5O2/c1-11(16-5-3-13(9-26-16)31-10-21(22,23)24)27-20(30)15-7-14(15)19-28-17-4-2-12(8-25)6-18(17)29-19/h2-6,9,11,14-15H,7,10H2,1H3,(H,27,30)(H,28,29)/t11-,14?,15?/m1/s1. The van der Waals surface area contributed by atoms with Gasteiger partial charge in [0.2, 0.25) is 5.91 Å². The number of carbonyl (C=O) groups is 1. The number of rotatable bonds is 6. The van der Waals surface area contributed by atoms with Crippen LogP contribution < -0.4 is 10.1 Å². The van der Waals surface area contributed by atoms with Gasteiger partial charge in [0, 0.05) is 11.8 Å². The maximum absolute atomic E-state index is 12.6. The van der Waals surface area contributed by atoms with Gasteiger partial charge in [0.1, 0.15) is 11.6 Å². The third kappa shape index (κ3) is 4.77. The lowest BCUT2D eigenvalue weighted by atomic mass is 10.2. The molecule has 2 aromatic heterocycles. The number of hydrogen-bond donors (Lipinski definition) is 2. The van der Waals surface area contributed by atoms with Gasteiger partial charge < -0.3 is 15.0 Å². The number of benzene rings is 1. The minimum Gasteiger partial charge on any atom is -0.483 e. The van der Waals surface area contributed by atoms with Crippen LogP contribution in [0.2, 0.25) is 0 Å². The second-order valence-electron chi connectivity index (χ2n) is 7.47. The zero-order valence-corrected chi connectivity index (χ0v) is 16.4. The number of alkyl halides is 3. The van der Waals surface area contributed by atoms with Crippen LogP contribution in [0.5, 0.6) is 5.75 Å². The summed E-state index contributed by atoms with van der Waals surface area (Å²) in [5.41, 5.74) is 2.53. The van der Waals surface area contributed by atoms with Crippen molar-refractivity contribution in [2.45, 2.75) is 31.5 Å². The number of aromatic nitrogens is 3. The van der Waals surface area contributed by atoms with Gasteiger partial charge in [-0.2, -0.15) is 18.4 Å². The van der Waals surface area contributed by atoms with E-state index in [2.05, 4.69) is 31.1 Å². The van der Waals surface area contributed by atoms with Crippen molar-refractivity contribution in [3.63, 3.8) is 0 Å². The Kier molecular flexibility index (Phi) is 5.27. The van der Waals surface area contributed by atoms with Crippen molar-refractivity contribution >= 4 is 16.9 Å². The molecule has 31 heavy (non-hydrogen) atoms. The summed E-state index contributed by atoms with van der Waals surface area (Å²) < 4.78 is 41.3. The van der Waals surface area contributed by atoms with Crippen LogP contribution in [0.4, 0.5) is 13.2 Å². The second-order valence-corrected chi connectivity index (χ2v) is 7.47. The van der Waals surface area contributed by atoms with Crippen molar-refractivity contribution in [1.82, 2.24) is 20.3 Å². The highest BCUT2D eigenvalue weighted by Gasteiger charge is 2.46. The van der Waals surface area contributed by atoms with Crippen LogP contribution in [0.15, 0.2) is 36.5 Å². The molecular weight excluding hydrogens is 411 g/mol. The lowest BCUT2D eigenvalue weighted by Crippen LogP contribution is -2.29. The average molecular weight is 429 g/mol. The fraction of sp³-hybridized carbons (Fsp3) is 0.333. The molecule has 4 rings (SSSR count). The molecule has 1 saturated carbocycles. The fourth-order valence-electron chi connectivity index (χ4n) is 3.35. The Bertz CT molecular complexity index is 1150. The molecular formula is C21H18F3N5O2. The first-order chi connectivity index (χ1) is 14.7. The summed E-state index contributed by atoms with van der Waals surface area (Å²) in [6, 6.07) is 9.76. The molecule has 3 aromatic rings. The van der Waals surface area contributed by atoms with E-state index in [-0.39, 0.29) is 23.5 Å². The van der Waals surface area contributed by atoms with Crippen molar-refractivity contribution in [3.05, 3.63) is 53.6 Å². The van der Waals surface area contributed by atoms with E-state index in [4.69, 9.17) is 5.26 Å². The number of ether oxygens (including phenoxy) is 1. The Morgan fingerprint density at radius 2 is 2.19 bits per heavy atom. The van der Waals surface area contributed by atoms with Crippen LogP contribution in [-0.4, -0.2) is 33.6 Å². The maximum Gasteiger partial charge on any atom is 0.422 e. The average Bonchev–Trinajstić information content (AvgIpc) is 3.43. The molecule has 1 aromatic carbocycles. The molecule has 2 unspecified atom stereocenters. The molecule has 1 amide bonds. The van der Waals surface area contributed by atoms with Gasteiger partial charge in [0.25, 0.3) is 0 Å². The Morgan fingerprint density at radius 3 is 2.87 bits per heavy atom. The summed E-state index contributed by atoms with van der Waals surface area (Å²) >= 11 is 0. The molecule has 0 bridgehead atoms. The molecule has 2 heterocycles. The number of aromatic amines is 1. The van der Waals surface area contributed by atoms with Gasteiger partial charge in [0.15, 0.2) is 6.61 Å². The minimum absolute atomic E-state index is 0.00583.